The van der Waals surface area contributed by atoms with Gasteiger partial charge in [-0.25, -0.2) is 0 Å². The number of carbonyl (C=O) groups is 1. The number of carbonyl (C=O) groups excluding carboxylic acids is 1. The molecular formula is C10H13NO2Y-2. The van der Waals surface area contributed by atoms with Crippen molar-refractivity contribution in [3.05, 3.63) is 19.2 Å². The van der Waals surface area contributed by atoms with Crippen molar-refractivity contribution in [2.75, 3.05) is 19.8 Å². The first-order chi connectivity index (χ1) is 6.19. The molecule has 2 fully saturated rings. The minimum Gasteiger partial charge on any atom is -0.493 e. The van der Waals surface area contributed by atoms with E-state index in [9.17, 15) is 4.79 Å². The van der Waals surface area contributed by atoms with Gasteiger partial charge in [-0.1, -0.05) is 0 Å². The van der Waals surface area contributed by atoms with E-state index in [1.54, 1.807) is 4.90 Å². The van der Waals surface area contributed by atoms with Crippen LogP contribution in [0.15, 0.2) is 5.70 Å². The number of allylic oxidation sites excluding steroid dienone is 1. The van der Waals surface area contributed by atoms with Crippen molar-refractivity contribution in [1.29, 1.82) is 0 Å². The summed E-state index contributed by atoms with van der Waals surface area (Å²) in [6.07, 6.45) is 1.43. The van der Waals surface area contributed by atoms with Crippen LogP contribution in [0.25, 0.3) is 0 Å². The average Bonchev–Trinajstić information content (AvgIpc) is 2.62. The summed E-state index contributed by atoms with van der Waals surface area (Å²) in [5.41, 5.74) is 0.299. The van der Waals surface area contributed by atoms with Crippen molar-refractivity contribution in [2.45, 2.75) is 12.8 Å². The van der Waals surface area contributed by atoms with Gasteiger partial charge in [0.15, 0.2) is 0 Å². The standard InChI is InChI=1S/C10H13NO2.Y/c1-3-11-8(2)6-10(9(11)12)4-5-13-7-10;/h2H,1,3-7H2;/q-2;. The second-order valence-electron chi connectivity index (χ2n) is 3.71. The van der Waals surface area contributed by atoms with Gasteiger partial charge in [-0.15, -0.1) is 6.54 Å². The van der Waals surface area contributed by atoms with Gasteiger partial charge in [0.2, 0.25) is 5.91 Å². The Labute approximate surface area is 110 Å². The molecule has 1 amide bonds. The minimum absolute atomic E-state index is 0. The minimum atomic E-state index is -0.345. The van der Waals surface area contributed by atoms with Crippen molar-refractivity contribution in [2.24, 2.45) is 5.41 Å². The molecule has 4 heteroatoms. The topological polar surface area (TPSA) is 29.5 Å². The number of amides is 1. The van der Waals surface area contributed by atoms with Gasteiger partial charge in [0, 0.05) is 39.3 Å². The summed E-state index contributed by atoms with van der Waals surface area (Å²) in [5, 5.41) is 0. The van der Waals surface area contributed by atoms with Gasteiger partial charge in [-0.05, 0) is 12.8 Å². The third-order valence-corrected chi connectivity index (χ3v) is 2.89. The van der Waals surface area contributed by atoms with Crippen molar-refractivity contribution in [3.63, 3.8) is 0 Å². The third-order valence-electron chi connectivity index (χ3n) is 2.89. The fourth-order valence-corrected chi connectivity index (χ4v) is 2.09. The summed E-state index contributed by atoms with van der Waals surface area (Å²) in [6, 6.07) is 0. The predicted molar refractivity (Wildman–Crippen MR) is 47.4 cm³/mol. The maximum Gasteiger partial charge on any atom is 0.230 e. The van der Waals surface area contributed by atoms with Crippen LogP contribution in [0.2, 0.25) is 0 Å². The largest absolute Gasteiger partial charge is 0.493 e. The third kappa shape index (κ3) is 1.70. The molecule has 75 valence electrons. The Morgan fingerprint density at radius 1 is 1.64 bits per heavy atom. The van der Waals surface area contributed by atoms with E-state index in [-0.39, 0.29) is 44.0 Å². The Morgan fingerprint density at radius 3 is 2.79 bits per heavy atom. The number of hydrogen-bond acceptors (Lipinski definition) is 2. The van der Waals surface area contributed by atoms with Gasteiger partial charge in [0.05, 0.1) is 12.0 Å². The number of likely N-dealkylation sites (tertiary alicyclic amines) is 1. The maximum atomic E-state index is 11.9. The van der Waals surface area contributed by atoms with Crippen molar-refractivity contribution < 1.29 is 42.2 Å². The van der Waals surface area contributed by atoms with Gasteiger partial charge in [-0.3, -0.25) is 4.79 Å². The second kappa shape index (κ2) is 4.42. The summed E-state index contributed by atoms with van der Waals surface area (Å²) in [7, 11) is 0. The normalized spacial score (nSPS) is 31.4. The molecule has 2 rings (SSSR count). The Morgan fingerprint density at radius 2 is 2.36 bits per heavy atom. The van der Waals surface area contributed by atoms with E-state index in [1.165, 1.54) is 0 Å². The quantitative estimate of drug-likeness (QED) is 0.657. The molecule has 2 heterocycles. The molecule has 0 bridgehead atoms. The van der Waals surface area contributed by atoms with Crippen LogP contribution in [0.5, 0.6) is 0 Å². The summed E-state index contributed by atoms with van der Waals surface area (Å²) in [4.78, 5) is 13.4. The first-order valence-electron chi connectivity index (χ1n) is 4.50. The maximum absolute atomic E-state index is 11.9. The van der Waals surface area contributed by atoms with Gasteiger partial charge in [0.1, 0.15) is 0 Å². The molecule has 1 radical (unpaired) electrons. The van der Waals surface area contributed by atoms with Gasteiger partial charge in [0.25, 0.3) is 0 Å². The molecule has 0 N–H and O–H groups in total. The van der Waals surface area contributed by atoms with Crippen LogP contribution >= 0.6 is 0 Å². The molecule has 1 atom stereocenters. The van der Waals surface area contributed by atoms with E-state index in [0.717, 1.165) is 6.42 Å². The average molecular weight is 268 g/mol. The fourth-order valence-electron chi connectivity index (χ4n) is 2.09. The van der Waals surface area contributed by atoms with Crippen molar-refractivity contribution in [1.82, 2.24) is 4.90 Å². The van der Waals surface area contributed by atoms with E-state index in [4.69, 9.17) is 11.3 Å². The molecule has 1 unspecified atom stereocenters. The molecule has 2 saturated heterocycles. The van der Waals surface area contributed by atoms with E-state index in [1.807, 2.05) is 0 Å². The van der Waals surface area contributed by atoms with Gasteiger partial charge >= 0.3 is 0 Å². The summed E-state index contributed by atoms with van der Waals surface area (Å²) < 4.78 is 5.26. The first kappa shape index (κ1) is 12.3. The molecule has 0 saturated carbocycles. The monoisotopic (exact) mass is 268 g/mol. The van der Waals surface area contributed by atoms with E-state index >= 15 is 0 Å². The molecule has 3 nitrogen and oxygen atoms in total. The number of ether oxygens (including phenoxy) is 1. The van der Waals surface area contributed by atoms with Crippen LogP contribution in [-0.4, -0.2) is 30.6 Å². The number of nitrogens with zero attached hydrogens (tertiary/aromatic N) is 1. The second-order valence-corrected chi connectivity index (χ2v) is 3.71. The number of hydrogen-bond donors (Lipinski definition) is 0. The van der Waals surface area contributed by atoms with E-state index in [2.05, 4.69) is 6.92 Å². The predicted octanol–water partition coefficient (Wildman–Crippen LogP) is 0.774. The van der Waals surface area contributed by atoms with Crippen molar-refractivity contribution in [3.8, 4) is 0 Å². The SMILES string of the molecule is [CH-]=C1CC2(CCOC2)C(=O)N1C[CH2-].[Y]. The Kier molecular flexibility index (Phi) is 3.90. The van der Waals surface area contributed by atoms with Crippen LogP contribution in [-0.2, 0) is 42.2 Å². The van der Waals surface area contributed by atoms with Crippen molar-refractivity contribution >= 4 is 5.91 Å². The molecule has 1 spiro atoms. The van der Waals surface area contributed by atoms with Crippen LogP contribution in [0, 0.1) is 18.9 Å². The van der Waals surface area contributed by atoms with Crippen LogP contribution in [0.4, 0.5) is 0 Å². The van der Waals surface area contributed by atoms with Gasteiger partial charge in [-0.2, -0.15) is 5.70 Å². The molecule has 2 aliphatic heterocycles. The molecule has 0 aliphatic carbocycles. The Hall–Kier alpha value is 0.274. The molecular weight excluding hydrogens is 255 g/mol. The molecule has 14 heavy (non-hydrogen) atoms. The van der Waals surface area contributed by atoms with Crippen LogP contribution < -0.4 is 0 Å². The molecule has 0 aromatic carbocycles. The smallest absolute Gasteiger partial charge is 0.230 e. The summed E-state index contributed by atoms with van der Waals surface area (Å²) in [6.45, 7) is 11.1. The molecule has 0 aromatic heterocycles. The Balaban J connectivity index is 0.000000980. The summed E-state index contributed by atoms with van der Waals surface area (Å²) >= 11 is 0. The van der Waals surface area contributed by atoms with Crippen LogP contribution in [0.3, 0.4) is 0 Å². The fraction of sp³-hybridized carbons (Fsp3) is 0.600. The zero-order chi connectivity index (χ0) is 9.47. The zero-order valence-electron chi connectivity index (χ0n) is 8.16. The first-order valence-corrected chi connectivity index (χ1v) is 4.50. The van der Waals surface area contributed by atoms with Crippen LogP contribution in [0.1, 0.15) is 12.8 Å². The zero-order valence-corrected chi connectivity index (χ0v) is 11.0. The van der Waals surface area contributed by atoms with E-state index < -0.39 is 0 Å². The summed E-state index contributed by atoms with van der Waals surface area (Å²) in [5.74, 6) is 0.0949. The Bertz CT molecular complexity index is 259. The molecule has 0 aromatic rings. The molecule has 2 aliphatic rings. The van der Waals surface area contributed by atoms with E-state index in [0.29, 0.717) is 31.9 Å². The number of rotatable bonds is 1. The van der Waals surface area contributed by atoms with Gasteiger partial charge < -0.3 is 23.1 Å².